The van der Waals surface area contributed by atoms with Crippen LogP contribution >= 0.6 is 11.6 Å². The molecule has 0 bridgehead atoms. The van der Waals surface area contributed by atoms with Crippen LogP contribution in [0.15, 0.2) is 18.2 Å². The van der Waals surface area contributed by atoms with Crippen molar-refractivity contribution in [2.24, 2.45) is 0 Å². The number of amides is 1. The van der Waals surface area contributed by atoms with Crippen molar-refractivity contribution in [3.05, 3.63) is 34.6 Å². The molecule has 1 aromatic rings. The maximum atomic E-state index is 13.7. The Balaban J connectivity index is 1.89. The number of carbonyl (C=O) groups excluding carboxylic acids is 1. The Hall–Kier alpha value is -1.13. The number of halogens is 2. The lowest BCUT2D eigenvalue weighted by molar-refractivity contribution is -0.121. The first-order valence-corrected chi connectivity index (χ1v) is 8.22. The molecule has 1 aromatic carbocycles. The van der Waals surface area contributed by atoms with E-state index in [0.717, 1.165) is 13.1 Å². The minimum absolute atomic E-state index is 0.0262. The molecular formula is C17H24ClFN2O. The summed E-state index contributed by atoms with van der Waals surface area (Å²) < 4.78 is 13.7. The third-order valence-corrected chi connectivity index (χ3v) is 4.68. The first kappa shape index (κ1) is 17.2. The number of likely N-dealkylation sites (tertiary alicyclic amines) is 1. The number of nitrogens with one attached hydrogen (secondary N) is 1. The number of piperidine rings is 1. The lowest BCUT2D eigenvalue weighted by Gasteiger charge is -2.41. The minimum Gasteiger partial charge on any atom is -0.354 e. The molecule has 1 heterocycles. The van der Waals surface area contributed by atoms with Crippen molar-refractivity contribution in [2.75, 3.05) is 19.6 Å². The standard InChI is InChI=1S/C17H24ClFN2O/c1-17(2,21-9-4-3-5-10-21)12-20-16(22)11-13-14(18)7-6-8-15(13)19/h6-8H,3-5,9-12H2,1-2H3,(H,20,22). The summed E-state index contributed by atoms with van der Waals surface area (Å²) in [6, 6.07) is 4.47. The van der Waals surface area contributed by atoms with E-state index >= 15 is 0 Å². The van der Waals surface area contributed by atoms with Gasteiger partial charge in [-0.05, 0) is 51.9 Å². The quantitative estimate of drug-likeness (QED) is 0.899. The van der Waals surface area contributed by atoms with E-state index in [0.29, 0.717) is 11.6 Å². The summed E-state index contributed by atoms with van der Waals surface area (Å²) in [7, 11) is 0. The third kappa shape index (κ3) is 4.43. The van der Waals surface area contributed by atoms with Crippen LogP contribution < -0.4 is 5.32 Å². The second-order valence-electron chi connectivity index (χ2n) is 6.51. The van der Waals surface area contributed by atoms with Crippen LogP contribution in [0.5, 0.6) is 0 Å². The second-order valence-corrected chi connectivity index (χ2v) is 6.92. The first-order valence-electron chi connectivity index (χ1n) is 7.85. The average molecular weight is 327 g/mol. The smallest absolute Gasteiger partial charge is 0.224 e. The van der Waals surface area contributed by atoms with Gasteiger partial charge in [-0.25, -0.2) is 4.39 Å². The Morgan fingerprint density at radius 1 is 1.32 bits per heavy atom. The van der Waals surface area contributed by atoms with Crippen molar-refractivity contribution >= 4 is 17.5 Å². The van der Waals surface area contributed by atoms with Crippen molar-refractivity contribution in [1.29, 1.82) is 0 Å². The van der Waals surface area contributed by atoms with Crippen molar-refractivity contribution in [3.8, 4) is 0 Å². The van der Waals surface area contributed by atoms with E-state index < -0.39 is 5.82 Å². The van der Waals surface area contributed by atoms with Gasteiger partial charge in [0.15, 0.2) is 0 Å². The molecule has 0 unspecified atom stereocenters. The van der Waals surface area contributed by atoms with Gasteiger partial charge < -0.3 is 5.32 Å². The van der Waals surface area contributed by atoms with Gasteiger partial charge in [-0.15, -0.1) is 0 Å². The fourth-order valence-corrected chi connectivity index (χ4v) is 3.08. The summed E-state index contributed by atoms with van der Waals surface area (Å²) in [6.45, 7) is 6.96. The highest BCUT2D eigenvalue weighted by Crippen LogP contribution is 2.21. The third-order valence-electron chi connectivity index (χ3n) is 4.33. The number of carbonyl (C=O) groups is 1. The van der Waals surface area contributed by atoms with Crippen LogP contribution in [0.3, 0.4) is 0 Å². The molecule has 1 aliphatic heterocycles. The Labute approximate surface area is 136 Å². The number of rotatable bonds is 5. The molecule has 2 rings (SSSR count). The Bertz CT molecular complexity index is 507. The highest BCUT2D eigenvalue weighted by Gasteiger charge is 2.28. The summed E-state index contributed by atoms with van der Waals surface area (Å²) in [4.78, 5) is 14.5. The highest BCUT2D eigenvalue weighted by atomic mass is 35.5. The largest absolute Gasteiger partial charge is 0.354 e. The van der Waals surface area contributed by atoms with Crippen LogP contribution in [-0.4, -0.2) is 36.0 Å². The molecule has 22 heavy (non-hydrogen) atoms. The van der Waals surface area contributed by atoms with Crippen LogP contribution in [0, 0.1) is 5.82 Å². The molecule has 0 spiro atoms. The van der Waals surface area contributed by atoms with Gasteiger partial charge in [0.25, 0.3) is 0 Å². The molecule has 0 aromatic heterocycles. The van der Waals surface area contributed by atoms with Gasteiger partial charge in [0.2, 0.25) is 5.91 Å². The number of hydrogen-bond acceptors (Lipinski definition) is 2. The topological polar surface area (TPSA) is 32.3 Å². The molecule has 0 radical (unpaired) electrons. The van der Waals surface area contributed by atoms with Gasteiger partial charge in [-0.1, -0.05) is 24.1 Å². The molecule has 3 nitrogen and oxygen atoms in total. The lowest BCUT2D eigenvalue weighted by atomic mass is 9.98. The molecule has 122 valence electrons. The predicted octanol–water partition coefficient (Wildman–Crippen LogP) is 3.40. The van der Waals surface area contributed by atoms with Crippen molar-refractivity contribution in [2.45, 2.75) is 45.1 Å². The van der Waals surface area contributed by atoms with Crippen LogP contribution in [0.4, 0.5) is 4.39 Å². The minimum atomic E-state index is -0.432. The van der Waals surface area contributed by atoms with Gasteiger partial charge in [0.05, 0.1) is 6.42 Å². The van der Waals surface area contributed by atoms with E-state index in [2.05, 4.69) is 24.1 Å². The van der Waals surface area contributed by atoms with Gasteiger partial charge >= 0.3 is 0 Å². The summed E-state index contributed by atoms with van der Waals surface area (Å²) >= 11 is 5.96. The Kier molecular flexibility index (Phi) is 5.81. The average Bonchev–Trinajstić information content (AvgIpc) is 2.50. The van der Waals surface area contributed by atoms with Gasteiger partial charge in [-0.3, -0.25) is 9.69 Å². The van der Waals surface area contributed by atoms with Gasteiger partial charge in [-0.2, -0.15) is 0 Å². The van der Waals surface area contributed by atoms with Crippen molar-refractivity contribution in [1.82, 2.24) is 10.2 Å². The molecule has 0 saturated carbocycles. The zero-order chi connectivity index (χ0) is 16.2. The van der Waals surface area contributed by atoms with E-state index in [1.54, 1.807) is 12.1 Å². The molecule has 1 amide bonds. The van der Waals surface area contributed by atoms with Crippen LogP contribution in [-0.2, 0) is 11.2 Å². The van der Waals surface area contributed by atoms with E-state index in [-0.39, 0.29) is 23.4 Å². The zero-order valence-corrected chi connectivity index (χ0v) is 14.0. The fourth-order valence-electron chi connectivity index (χ4n) is 2.85. The van der Waals surface area contributed by atoms with Crippen LogP contribution in [0.2, 0.25) is 5.02 Å². The summed E-state index contributed by atoms with van der Waals surface area (Å²) in [5.41, 5.74) is 0.173. The zero-order valence-electron chi connectivity index (χ0n) is 13.3. The van der Waals surface area contributed by atoms with E-state index in [9.17, 15) is 9.18 Å². The number of benzene rings is 1. The predicted molar refractivity (Wildman–Crippen MR) is 87.6 cm³/mol. The Morgan fingerprint density at radius 3 is 2.64 bits per heavy atom. The van der Waals surface area contributed by atoms with E-state index in [1.165, 1.54) is 25.3 Å². The fraction of sp³-hybridized carbons (Fsp3) is 0.588. The van der Waals surface area contributed by atoms with Crippen LogP contribution in [0.1, 0.15) is 38.7 Å². The van der Waals surface area contributed by atoms with E-state index in [4.69, 9.17) is 11.6 Å². The molecule has 1 N–H and O–H groups in total. The van der Waals surface area contributed by atoms with Gasteiger partial charge in [0, 0.05) is 22.7 Å². The number of nitrogens with zero attached hydrogens (tertiary/aromatic N) is 1. The normalized spacial score (nSPS) is 16.5. The summed E-state index contributed by atoms with van der Waals surface area (Å²) in [5.74, 6) is -0.630. The molecule has 0 atom stereocenters. The molecule has 1 aliphatic rings. The van der Waals surface area contributed by atoms with Gasteiger partial charge in [0.1, 0.15) is 5.82 Å². The second kappa shape index (κ2) is 7.42. The van der Waals surface area contributed by atoms with Crippen molar-refractivity contribution < 1.29 is 9.18 Å². The SMILES string of the molecule is CC(C)(CNC(=O)Cc1c(F)cccc1Cl)N1CCCCC1. The Morgan fingerprint density at radius 2 is 2.00 bits per heavy atom. The monoisotopic (exact) mass is 326 g/mol. The summed E-state index contributed by atoms with van der Waals surface area (Å²) in [5, 5.41) is 3.21. The number of hydrogen-bond donors (Lipinski definition) is 1. The maximum absolute atomic E-state index is 13.7. The molecule has 5 heteroatoms. The highest BCUT2D eigenvalue weighted by molar-refractivity contribution is 6.31. The first-order chi connectivity index (χ1) is 10.4. The lowest BCUT2D eigenvalue weighted by Crippen LogP contribution is -2.53. The maximum Gasteiger partial charge on any atom is 0.224 e. The molecule has 1 saturated heterocycles. The summed E-state index contributed by atoms with van der Waals surface area (Å²) in [6.07, 6.45) is 3.68. The molecule has 1 fully saturated rings. The van der Waals surface area contributed by atoms with Crippen LogP contribution in [0.25, 0.3) is 0 Å². The molecule has 0 aliphatic carbocycles. The van der Waals surface area contributed by atoms with E-state index in [1.807, 2.05) is 0 Å². The van der Waals surface area contributed by atoms with Crippen molar-refractivity contribution in [3.63, 3.8) is 0 Å². The molecular weight excluding hydrogens is 303 g/mol.